The summed E-state index contributed by atoms with van der Waals surface area (Å²) >= 11 is 1.16. The minimum absolute atomic E-state index is 0.0518. The third-order valence-electron chi connectivity index (χ3n) is 4.79. The highest BCUT2D eigenvalue weighted by atomic mass is 32.1. The number of benzene rings is 2. The standard InChI is InChI=1S/C23H23N3O7S/c1-14(33-21(27)8-7-15-9-18(31-2)12-19(10-15)32-3)22(28)25-23-24-20(13-34-23)16-5-4-6-17(11-16)26(29)30/h4-6,9-14H,7-8H2,1-3H3,(H,24,25,28). The van der Waals surface area contributed by atoms with Crippen LogP contribution in [0.1, 0.15) is 18.9 Å². The van der Waals surface area contributed by atoms with E-state index in [1.807, 2.05) is 0 Å². The molecule has 3 aromatic rings. The summed E-state index contributed by atoms with van der Waals surface area (Å²) in [7, 11) is 3.09. The van der Waals surface area contributed by atoms with Crippen LogP contribution in [0.3, 0.4) is 0 Å². The Morgan fingerprint density at radius 1 is 1.15 bits per heavy atom. The normalized spacial score (nSPS) is 11.4. The maximum absolute atomic E-state index is 12.4. The molecule has 10 nitrogen and oxygen atoms in total. The monoisotopic (exact) mass is 485 g/mol. The molecule has 0 aliphatic heterocycles. The minimum atomic E-state index is -1.03. The predicted molar refractivity (Wildman–Crippen MR) is 126 cm³/mol. The van der Waals surface area contributed by atoms with Gasteiger partial charge >= 0.3 is 5.97 Å². The number of hydrogen-bond donors (Lipinski definition) is 1. The highest BCUT2D eigenvalue weighted by molar-refractivity contribution is 7.14. The van der Waals surface area contributed by atoms with Gasteiger partial charge < -0.3 is 14.2 Å². The molecule has 2 aromatic carbocycles. The van der Waals surface area contributed by atoms with Gasteiger partial charge in [-0.05, 0) is 31.0 Å². The van der Waals surface area contributed by atoms with Crippen LogP contribution in [0.2, 0.25) is 0 Å². The van der Waals surface area contributed by atoms with E-state index < -0.39 is 22.9 Å². The molecule has 0 aliphatic carbocycles. The number of nitro groups is 1. The molecule has 1 amide bonds. The molecule has 0 saturated heterocycles. The first-order valence-electron chi connectivity index (χ1n) is 10.2. The van der Waals surface area contributed by atoms with Gasteiger partial charge in [0, 0.05) is 35.6 Å². The van der Waals surface area contributed by atoms with E-state index >= 15 is 0 Å². The molecule has 178 valence electrons. The summed E-state index contributed by atoms with van der Waals surface area (Å²) in [6.45, 7) is 1.47. The molecule has 0 spiro atoms. The van der Waals surface area contributed by atoms with E-state index in [4.69, 9.17) is 14.2 Å². The number of ether oxygens (including phenoxy) is 3. The van der Waals surface area contributed by atoms with Crippen LogP contribution in [0.4, 0.5) is 10.8 Å². The second-order valence-electron chi connectivity index (χ2n) is 7.19. The van der Waals surface area contributed by atoms with Gasteiger partial charge in [0.2, 0.25) is 0 Å². The van der Waals surface area contributed by atoms with E-state index in [1.165, 1.54) is 19.1 Å². The Morgan fingerprint density at radius 2 is 1.85 bits per heavy atom. The average Bonchev–Trinajstić information content (AvgIpc) is 3.30. The van der Waals surface area contributed by atoms with Crippen LogP contribution in [0.15, 0.2) is 47.8 Å². The first-order valence-corrected chi connectivity index (χ1v) is 11.1. The number of nitro benzene ring substituents is 1. The van der Waals surface area contributed by atoms with E-state index in [0.29, 0.717) is 29.2 Å². The summed E-state index contributed by atoms with van der Waals surface area (Å²) in [5, 5.41) is 15.5. The summed E-state index contributed by atoms with van der Waals surface area (Å²) in [5.74, 6) is 0.170. The van der Waals surface area contributed by atoms with Crippen LogP contribution in [0.25, 0.3) is 11.3 Å². The Labute approximate surface area is 199 Å². The van der Waals surface area contributed by atoms with Crippen LogP contribution in [-0.2, 0) is 20.7 Å². The number of nitrogens with one attached hydrogen (secondary N) is 1. The van der Waals surface area contributed by atoms with Crippen molar-refractivity contribution in [3.8, 4) is 22.8 Å². The number of carbonyl (C=O) groups is 2. The van der Waals surface area contributed by atoms with Gasteiger partial charge in [-0.2, -0.15) is 0 Å². The van der Waals surface area contributed by atoms with Crippen molar-refractivity contribution in [2.24, 2.45) is 0 Å². The Balaban J connectivity index is 1.54. The molecule has 1 N–H and O–H groups in total. The number of aromatic nitrogens is 1. The first kappa shape index (κ1) is 24.6. The summed E-state index contributed by atoms with van der Waals surface area (Å²) in [6.07, 6.45) is -0.570. The SMILES string of the molecule is COc1cc(CCC(=O)OC(C)C(=O)Nc2nc(-c3cccc([N+](=O)[O-])c3)cs2)cc(OC)c1. The van der Waals surface area contributed by atoms with E-state index in [1.54, 1.807) is 49.9 Å². The Kier molecular flexibility index (Phi) is 8.14. The van der Waals surface area contributed by atoms with Crippen molar-refractivity contribution in [3.63, 3.8) is 0 Å². The van der Waals surface area contributed by atoms with Crippen molar-refractivity contribution in [1.29, 1.82) is 0 Å². The number of hydrogen-bond acceptors (Lipinski definition) is 9. The number of nitrogens with zero attached hydrogens (tertiary/aromatic N) is 2. The molecule has 1 aromatic heterocycles. The highest BCUT2D eigenvalue weighted by Gasteiger charge is 2.20. The van der Waals surface area contributed by atoms with Gasteiger partial charge in [-0.15, -0.1) is 11.3 Å². The van der Waals surface area contributed by atoms with Crippen LogP contribution in [0, 0.1) is 10.1 Å². The van der Waals surface area contributed by atoms with Crippen molar-refractivity contribution in [2.75, 3.05) is 19.5 Å². The fraction of sp³-hybridized carbons (Fsp3) is 0.261. The molecular formula is C23H23N3O7S. The topological polar surface area (TPSA) is 130 Å². The van der Waals surface area contributed by atoms with Gasteiger partial charge in [-0.3, -0.25) is 25.0 Å². The number of carbonyl (C=O) groups excluding carboxylic acids is 2. The molecule has 3 rings (SSSR count). The molecule has 11 heteroatoms. The Bertz CT molecular complexity index is 1170. The maximum atomic E-state index is 12.4. The van der Waals surface area contributed by atoms with E-state index in [0.717, 1.165) is 16.9 Å². The number of amides is 1. The molecule has 34 heavy (non-hydrogen) atoms. The average molecular weight is 486 g/mol. The van der Waals surface area contributed by atoms with Crippen molar-refractivity contribution >= 4 is 34.0 Å². The number of aryl methyl sites for hydroxylation is 1. The second kappa shape index (κ2) is 11.2. The molecule has 0 saturated carbocycles. The first-order chi connectivity index (χ1) is 16.3. The maximum Gasteiger partial charge on any atom is 0.306 e. The third-order valence-corrected chi connectivity index (χ3v) is 5.55. The Hall–Kier alpha value is -3.99. The van der Waals surface area contributed by atoms with E-state index in [2.05, 4.69) is 10.3 Å². The number of methoxy groups -OCH3 is 2. The van der Waals surface area contributed by atoms with Crippen molar-refractivity contribution in [2.45, 2.75) is 25.9 Å². The smallest absolute Gasteiger partial charge is 0.306 e. The van der Waals surface area contributed by atoms with Gasteiger partial charge in [-0.25, -0.2) is 4.98 Å². The lowest BCUT2D eigenvalue weighted by Gasteiger charge is -2.13. The van der Waals surface area contributed by atoms with E-state index in [9.17, 15) is 19.7 Å². The lowest BCUT2D eigenvalue weighted by atomic mass is 10.1. The summed E-state index contributed by atoms with van der Waals surface area (Å²) in [4.78, 5) is 39.4. The van der Waals surface area contributed by atoms with Crippen LogP contribution in [-0.4, -0.2) is 42.1 Å². The van der Waals surface area contributed by atoms with Crippen molar-refractivity contribution in [3.05, 3.63) is 63.5 Å². The number of rotatable bonds is 10. The molecule has 1 heterocycles. The third kappa shape index (κ3) is 6.51. The molecular weight excluding hydrogens is 462 g/mol. The van der Waals surface area contributed by atoms with Gasteiger partial charge in [0.05, 0.1) is 24.8 Å². The van der Waals surface area contributed by atoms with Gasteiger partial charge in [-0.1, -0.05) is 12.1 Å². The molecule has 1 atom stereocenters. The van der Waals surface area contributed by atoms with Crippen molar-refractivity contribution in [1.82, 2.24) is 4.98 Å². The van der Waals surface area contributed by atoms with Crippen LogP contribution >= 0.6 is 11.3 Å². The van der Waals surface area contributed by atoms with Gasteiger partial charge in [0.1, 0.15) is 11.5 Å². The zero-order chi connectivity index (χ0) is 24.7. The molecule has 1 unspecified atom stereocenters. The van der Waals surface area contributed by atoms with E-state index in [-0.39, 0.29) is 17.2 Å². The second-order valence-corrected chi connectivity index (χ2v) is 8.05. The largest absolute Gasteiger partial charge is 0.497 e. The fourth-order valence-corrected chi connectivity index (χ4v) is 3.74. The number of thiazole rings is 1. The molecule has 0 aliphatic rings. The molecule has 0 radical (unpaired) electrons. The summed E-state index contributed by atoms with van der Waals surface area (Å²) < 4.78 is 15.7. The van der Waals surface area contributed by atoms with Crippen LogP contribution < -0.4 is 14.8 Å². The fourth-order valence-electron chi connectivity index (χ4n) is 3.02. The van der Waals surface area contributed by atoms with Gasteiger partial charge in [0.25, 0.3) is 11.6 Å². The van der Waals surface area contributed by atoms with Crippen molar-refractivity contribution < 1.29 is 28.7 Å². The number of esters is 1. The summed E-state index contributed by atoms with van der Waals surface area (Å²) in [6, 6.07) is 11.4. The quantitative estimate of drug-likeness (QED) is 0.256. The van der Waals surface area contributed by atoms with Gasteiger partial charge in [0.15, 0.2) is 11.2 Å². The zero-order valence-electron chi connectivity index (χ0n) is 18.8. The lowest BCUT2D eigenvalue weighted by molar-refractivity contribution is -0.384. The predicted octanol–water partition coefficient (Wildman–Crippen LogP) is 4.24. The lowest BCUT2D eigenvalue weighted by Crippen LogP contribution is -2.30. The molecule has 0 bridgehead atoms. The molecule has 0 fully saturated rings. The zero-order valence-corrected chi connectivity index (χ0v) is 19.6. The minimum Gasteiger partial charge on any atom is -0.497 e. The number of anilines is 1. The Morgan fingerprint density at radius 3 is 2.50 bits per heavy atom. The number of non-ortho nitro benzene ring substituents is 1. The highest BCUT2D eigenvalue weighted by Crippen LogP contribution is 2.28. The van der Waals surface area contributed by atoms with Crippen LogP contribution in [0.5, 0.6) is 11.5 Å². The summed E-state index contributed by atoms with van der Waals surface area (Å²) in [5.41, 5.74) is 1.83.